The summed E-state index contributed by atoms with van der Waals surface area (Å²) in [5, 5.41) is 8.63. The minimum Gasteiger partial charge on any atom is -0.395 e. The van der Waals surface area contributed by atoms with Crippen molar-refractivity contribution in [2.45, 2.75) is 31.6 Å². The highest BCUT2D eigenvalue weighted by Gasteiger charge is 2.12. The molecule has 0 aromatic heterocycles. The van der Waals surface area contributed by atoms with Crippen molar-refractivity contribution in [3.63, 3.8) is 0 Å². The molecule has 0 saturated carbocycles. The molecule has 0 bridgehead atoms. The average molecular weight is 295 g/mol. The van der Waals surface area contributed by atoms with E-state index in [9.17, 15) is 8.42 Å². The standard InChI is InChI=1S/C15H21NO3S/c1-13(2)10-11-16-20(18,19)15-8-6-14(7-9-15)5-3-4-12-17/h6-9,13,16-17H,4,10-12H2,1-2H3. The van der Waals surface area contributed by atoms with Gasteiger partial charge in [0.15, 0.2) is 0 Å². The van der Waals surface area contributed by atoms with E-state index in [1.165, 1.54) is 0 Å². The van der Waals surface area contributed by atoms with Crippen LogP contribution in [0.5, 0.6) is 0 Å². The van der Waals surface area contributed by atoms with Gasteiger partial charge in [-0.3, -0.25) is 0 Å². The summed E-state index contributed by atoms with van der Waals surface area (Å²) in [6.45, 7) is 4.57. The molecule has 0 heterocycles. The predicted octanol–water partition coefficient (Wildman–Crippen LogP) is 1.74. The van der Waals surface area contributed by atoms with Crippen molar-refractivity contribution >= 4 is 10.0 Å². The molecule has 0 aliphatic carbocycles. The number of nitrogens with one attached hydrogen (secondary N) is 1. The summed E-state index contributed by atoms with van der Waals surface area (Å²) in [5.74, 6) is 6.11. The molecule has 0 spiro atoms. The first-order valence-corrected chi connectivity index (χ1v) is 8.13. The number of hydrogen-bond donors (Lipinski definition) is 2. The molecular formula is C15H21NO3S. The molecule has 1 aromatic carbocycles. The van der Waals surface area contributed by atoms with Crippen molar-refractivity contribution < 1.29 is 13.5 Å². The average Bonchev–Trinajstić information content (AvgIpc) is 2.39. The van der Waals surface area contributed by atoms with Crippen LogP contribution in [-0.4, -0.2) is 26.7 Å². The molecule has 20 heavy (non-hydrogen) atoms. The number of benzene rings is 1. The highest BCUT2D eigenvalue weighted by molar-refractivity contribution is 7.89. The van der Waals surface area contributed by atoms with Crippen LogP contribution in [0.2, 0.25) is 0 Å². The molecule has 0 fully saturated rings. The molecule has 0 amide bonds. The van der Waals surface area contributed by atoms with Gasteiger partial charge in [-0.05, 0) is 36.6 Å². The maximum Gasteiger partial charge on any atom is 0.240 e. The van der Waals surface area contributed by atoms with Crippen LogP contribution in [0.25, 0.3) is 0 Å². The molecule has 0 aliphatic rings. The Bertz CT molecular complexity index is 565. The van der Waals surface area contributed by atoms with E-state index in [4.69, 9.17) is 5.11 Å². The fraction of sp³-hybridized carbons (Fsp3) is 0.467. The zero-order chi connectivity index (χ0) is 15.0. The molecule has 1 aromatic rings. The Balaban J connectivity index is 2.70. The van der Waals surface area contributed by atoms with Gasteiger partial charge in [-0.2, -0.15) is 0 Å². The van der Waals surface area contributed by atoms with Crippen molar-refractivity contribution in [2.75, 3.05) is 13.2 Å². The van der Waals surface area contributed by atoms with E-state index in [1.54, 1.807) is 24.3 Å². The van der Waals surface area contributed by atoms with Crippen molar-refractivity contribution in [3.8, 4) is 11.8 Å². The number of rotatable bonds is 6. The SMILES string of the molecule is CC(C)CCNS(=O)(=O)c1ccc(C#CCCO)cc1. The summed E-state index contributed by atoms with van der Waals surface area (Å²) in [7, 11) is -3.44. The van der Waals surface area contributed by atoms with Crippen molar-refractivity contribution in [1.29, 1.82) is 0 Å². The lowest BCUT2D eigenvalue weighted by molar-refractivity contribution is 0.305. The first-order chi connectivity index (χ1) is 9.45. The summed E-state index contributed by atoms with van der Waals surface area (Å²) >= 11 is 0. The molecule has 4 nitrogen and oxygen atoms in total. The lowest BCUT2D eigenvalue weighted by atomic mass is 10.1. The Hall–Kier alpha value is -1.35. The molecule has 0 radical (unpaired) electrons. The van der Waals surface area contributed by atoms with E-state index < -0.39 is 10.0 Å². The second-order valence-electron chi connectivity index (χ2n) is 4.88. The van der Waals surface area contributed by atoms with E-state index in [1.807, 2.05) is 13.8 Å². The Morgan fingerprint density at radius 2 is 1.90 bits per heavy atom. The van der Waals surface area contributed by atoms with Gasteiger partial charge in [0.05, 0.1) is 11.5 Å². The van der Waals surface area contributed by atoms with Crippen LogP contribution >= 0.6 is 0 Å². The van der Waals surface area contributed by atoms with Gasteiger partial charge < -0.3 is 5.11 Å². The van der Waals surface area contributed by atoms with Gasteiger partial charge in [0.25, 0.3) is 0 Å². The van der Waals surface area contributed by atoms with E-state index in [0.717, 1.165) is 12.0 Å². The number of sulfonamides is 1. The number of aliphatic hydroxyl groups excluding tert-OH is 1. The summed E-state index contributed by atoms with van der Waals surface area (Å²) in [6, 6.07) is 6.42. The van der Waals surface area contributed by atoms with Gasteiger partial charge in [0, 0.05) is 18.5 Å². The predicted molar refractivity (Wildman–Crippen MR) is 79.7 cm³/mol. The van der Waals surface area contributed by atoms with E-state index in [0.29, 0.717) is 18.9 Å². The molecule has 5 heteroatoms. The van der Waals surface area contributed by atoms with Crippen molar-refractivity contribution in [2.24, 2.45) is 5.92 Å². The molecule has 110 valence electrons. The van der Waals surface area contributed by atoms with E-state index >= 15 is 0 Å². The zero-order valence-electron chi connectivity index (χ0n) is 11.9. The van der Waals surface area contributed by atoms with Crippen LogP contribution < -0.4 is 4.72 Å². The summed E-state index contributed by atoms with van der Waals surface area (Å²) in [6.07, 6.45) is 1.22. The second kappa shape index (κ2) is 8.05. The summed E-state index contributed by atoms with van der Waals surface area (Å²) in [4.78, 5) is 0.244. The van der Waals surface area contributed by atoms with E-state index in [-0.39, 0.29) is 11.5 Å². The Labute approximate surface area is 121 Å². The van der Waals surface area contributed by atoms with Crippen LogP contribution in [0.15, 0.2) is 29.2 Å². The minimum atomic E-state index is -3.44. The molecular weight excluding hydrogens is 274 g/mol. The maximum atomic E-state index is 12.0. The second-order valence-corrected chi connectivity index (χ2v) is 6.65. The smallest absolute Gasteiger partial charge is 0.240 e. The quantitative estimate of drug-likeness (QED) is 0.786. The van der Waals surface area contributed by atoms with Crippen LogP contribution in [0.1, 0.15) is 32.3 Å². The van der Waals surface area contributed by atoms with E-state index in [2.05, 4.69) is 16.6 Å². The largest absolute Gasteiger partial charge is 0.395 e. The van der Waals surface area contributed by atoms with Crippen LogP contribution in [-0.2, 0) is 10.0 Å². The summed E-state index contributed by atoms with van der Waals surface area (Å²) < 4.78 is 26.6. The Morgan fingerprint density at radius 1 is 1.25 bits per heavy atom. The highest BCUT2D eigenvalue weighted by atomic mass is 32.2. The monoisotopic (exact) mass is 295 g/mol. The molecule has 2 N–H and O–H groups in total. The molecule has 0 unspecified atom stereocenters. The molecule has 0 aliphatic heterocycles. The lowest BCUT2D eigenvalue weighted by Crippen LogP contribution is -2.25. The van der Waals surface area contributed by atoms with Crippen molar-refractivity contribution in [3.05, 3.63) is 29.8 Å². The Morgan fingerprint density at radius 3 is 2.45 bits per heavy atom. The Kier molecular flexibility index (Phi) is 6.73. The topological polar surface area (TPSA) is 66.4 Å². The number of aliphatic hydroxyl groups is 1. The van der Waals surface area contributed by atoms with Gasteiger partial charge >= 0.3 is 0 Å². The first kappa shape index (κ1) is 16.7. The third-order valence-corrected chi connectivity index (χ3v) is 4.12. The third kappa shape index (κ3) is 5.74. The van der Waals surface area contributed by atoms with Crippen molar-refractivity contribution in [1.82, 2.24) is 4.72 Å². The normalized spacial score (nSPS) is 11.2. The minimum absolute atomic E-state index is 0.0270. The van der Waals surface area contributed by atoms with Gasteiger partial charge in [-0.1, -0.05) is 25.7 Å². The fourth-order valence-electron chi connectivity index (χ4n) is 1.50. The van der Waals surface area contributed by atoms with Crippen LogP contribution in [0.4, 0.5) is 0 Å². The zero-order valence-corrected chi connectivity index (χ0v) is 12.7. The van der Waals surface area contributed by atoms with Gasteiger partial charge in [-0.15, -0.1) is 0 Å². The molecule has 1 rings (SSSR count). The van der Waals surface area contributed by atoms with Gasteiger partial charge in [-0.25, -0.2) is 13.1 Å². The summed E-state index contributed by atoms with van der Waals surface area (Å²) in [5.41, 5.74) is 0.736. The molecule has 0 atom stereocenters. The van der Waals surface area contributed by atoms with Crippen LogP contribution in [0.3, 0.4) is 0 Å². The first-order valence-electron chi connectivity index (χ1n) is 6.65. The van der Waals surface area contributed by atoms with Crippen LogP contribution in [0, 0.1) is 17.8 Å². The highest BCUT2D eigenvalue weighted by Crippen LogP contribution is 2.10. The maximum absolute atomic E-state index is 12.0. The molecule has 0 saturated heterocycles. The number of hydrogen-bond acceptors (Lipinski definition) is 3. The third-order valence-electron chi connectivity index (χ3n) is 2.65. The lowest BCUT2D eigenvalue weighted by Gasteiger charge is -2.08. The van der Waals surface area contributed by atoms with Gasteiger partial charge in [0.2, 0.25) is 10.0 Å². The van der Waals surface area contributed by atoms with Gasteiger partial charge in [0.1, 0.15) is 0 Å². The fourth-order valence-corrected chi connectivity index (χ4v) is 2.55.